The molecule has 10 heteroatoms. The molecule has 1 saturated heterocycles. The van der Waals surface area contributed by atoms with Crippen molar-refractivity contribution < 1.29 is 38.1 Å². The molecule has 3 N–H and O–H groups in total. The maximum absolute atomic E-state index is 12.9. The summed E-state index contributed by atoms with van der Waals surface area (Å²) in [6, 6.07) is 23.6. The van der Waals surface area contributed by atoms with Crippen molar-refractivity contribution in [3.63, 3.8) is 0 Å². The van der Waals surface area contributed by atoms with Gasteiger partial charge in [-0.3, -0.25) is 0 Å². The fraction of sp³-hybridized carbons (Fsp3) is 0.185. The highest BCUT2D eigenvalue weighted by Crippen LogP contribution is 2.28. The Kier molecular flexibility index (Phi) is 8.11. The quantitative estimate of drug-likeness (QED) is 0.352. The van der Waals surface area contributed by atoms with Crippen LogP contribution in [0.15, 0.2) is 91.0 Å². The summed E-state index contributed by atoms with van der Waals surface area (Å²) in [4.78, 5) is 49.9. The van der Waals surface area contributed by atoms with Crippen LogP contribution in [0.5, 0.6) is 0 Å². The van der Waals surface area contributed by atoms with Crippen molar-refractivity contribution >= 4 is 23.9 Å². The van der Waals surface area contributed by atoms with Gasteiger partial charge < -0.3 is 30.0 Å². The van der Waals surface area contributed by atoms with Crippen molar-refractivity contribution in [3.05, 3.63) is 108 Å². The molecule has 0 aromatic heterocycles. The maximum atomic E-state index is 12.9. The van der Waals surface area contributed by atoms with Crippen LogP contribution in [0.4, 0.5) is 4.79 Å². The number of hydrogen-bond donors (Lipinski definition) is 2. The highest BCUT2D eigenvalue weighted by molar-refractivity contribution is 5.91. The van der Waals surface area contributed by atoms with Crippen molar-refractivity contribution in [1.82, 2.24) is 5.32 Å². The predicted octanol–water partition coefficient (Wildman–Crippen LogP) is 2.69. The van der Waals surface area contributed by atoms with Crippen LogP contribution in [0.2, 0.25) is 0 Å². The number of primary amides is 1. The van der Waals surface area contributed by atoms with Crippen LogP contribution in [0.25, 0.3) is 0 Å². The van der Waals surface area contributed by atoms with E-state index in [9.17, 15) is 19.2 Å². The Morgan fingerprint density at radius 3 is 1.57 bits per heavy atom. The molecule has 4 atom stereocenters. The highest BCUT2D eigenvalue weighted by Gasteiger charge is 2.51. The maximum Gasteiger partial charge on any atom is 0.338 e. The summed E-state index contributed by atoms with van der Waals surface area (Å²) in [5, 5.41) is 2.35. The minimum atomic E-state index is -1.30. The zero-order valence-corrected chi connectivity index (χ0v) is 19.5. The average Bonchev–Trinajstić information content (AvgIpc) is 3.23. The van der Waals surface area contributed by atoms with E-state index >= 15 is 0 Å². The zero-order chi connectivity index (χ0) is 26.2. The second-order valence-electron chi connectivity index (χ2n) is 8.04. The third-order valence-electron chi connectivity index (χ3n) is 5.49. The molecule has 10 nitrogen and oxygen atoms in total. The number of hydrogen-bond acceptors (Lipinski definition) is 8. The van der Waals surface area contributed by atoms with E-state index in [0.29, 0.717) is 5.56 Å². The number of carbonyl (C=O) groups is 4. The fourth-order valence-corrected chi connectivity index (χ4v) is 3.74. The summed E-state index contributed by atoms with van der Waals surface area (Å²) >= 11 is 0. The van der Waals surface area contributed by atoms with Gasteiger partial charge in [0, 0.05) is 0 Å². The van der Waals surface area contributed by atoms with Crippen molar-refractivity contribution in [1.29, 1.82) is 0 Å². The van der Waals surface area contributed by atoms with Gasteiger partial charge in [0.15, 0.2) is 18.4 Å². The van der Waals surface area contributed by atoms with Crippen LogP contribution in [-0.2, 0) is 18.9 Å². The molecule has 4 rings (SSSR count). The van der Waals surface area contributed by atoms with Gasteiger partial charge in [0.1, 0.15) is 12.7 Å². The van der Waals surface area contributed by atoms with Gasteiger partial charge in [-0.25, -0.2) is 19.2 Å². The van der Waals surface area contributed by atoms with E-state index in [-0.39, 0.29) is 17.7 Å². The molecule has 2 amide bonds. The summed E-state index contributed by atoms with van der Waals surface area (Å²) in [6.07, 6.45) is -4.92. The van der Waals surface area contributed by atoms with Crippen LogP contribution in [0.3, 0.4) is 0 Å². The average molecular weight is 504 g/mol. The second-order valence-corrected chi connectivity index (χ2v) is 8.04. The van der Waals surface area contributed by atoms with E-state index in [1.165, 1.54) is 0 Å². The molecule has 0 saturated carbocycles. The van der Waals surface area contributed by atoms with E-state index in [2.05, 4.69) is 5.32 Å². The molecule has 0 spiro atoms. The summed E-state index contributed by atoms with van der Waals surface area (Å²) in [6.45, 7) is -0.364. The lowest BCUT2D eigenvalue weighted by Crippen LogP contribution is -2.49. The number of carbonyl (C=O) groups excluding carboxylic acids is 4. The van der Waals surface area contributed by atoms with E-state index in [1.807, 2.05) is 0 Å². The fourth-order valence-electron chi connectivity index (χ4n) is 3.74. The molecule has 0 unspecified atom stereocenters. The molecule has 190 valence electrons. The molecular formula is C27H24N2O8. The van der Waals surface area contributed by atoms with Crippen LogP contribution >= 0.6 is 0 Å². The number of esters is 3. The first-order chi connectivity index (χ1) is 17.9. The third kappa shape index (κ3) is 6.50. The molecule has 3 aromatic carbocycles. The van der Waals surface area contributed by atoms with Gasteiger partial charge in [-0.1, -0.05) is 54.6 Å². The standard InChI is InChI=1S/C27H24N2O8/c28-27(33)29-23-22(37-26(32)19-14-8-3-9-15-19)21(36-25(31)18-12-6-2-7-13-18)20(35-23)16-34-24(30)17-10-4-1-5-11-17/h1-15,20-23H,16H2,(H3,28,29,33)/t20-,21+,22-,23+/m0/s1. The van der Waals surface area contributed by atoms with Crippen molar-refractivity contribution in [3.8, 4) is 0 Å². The third-order valence-corrected chi connectivity index (χ3v) is 5.49. The molecular weight excluding hydrogens is 480 g/mol. The van der Waals surface area contributed by atoms with E-state index in [0.717, 1.165) is 0 Å². The van der Waals surface area contributed by atoms with Crippen LogP contribution < -0.4 is 11.1 Å². The molecule has 1 fully saturated rings. The smallest absolute Gasteiger partial charge is 0.338 e. The molecule has 0 bridgehead atoms. The van der Waals surface area contributed by atoms with E-state index < -0.39 is 48.5 Å². The number of ether oxygens (including phenoxy) is 4. The van der Waals surface area contributed by atoms with Crippen molar-refractivity contribution in [2.75, 3.05) is 6.61 Å². The van der Waals surface area contributed by atoms with Crippen LogP contribution in [0, 0.1) is 0 Å². The van der Waals surface area contributed by atoms with Gasteiger partial charge in [0.05, 0.1) is 16.7 Å². The predicted molar refractivity (Wildman–Crippen MR) is 129 cm³/mol. The highest BCUT2D eigenvalue weighted by atomic mass is 16.7. The second kappa shape index (κ2) is 11.8. The monoisotopic (exact) mass is 504 g/mol. The normalized spacial score (nSPS) is 20.4. The van der Waals surface area contributed by atoms with Crippen LogP contribution in [-0.4, -0.2) is 55.1 Å². The Bertz CT molecular complexity index is 1240. The Balaban J connectivity index is 1.58. The molecule has 1 heterocycles. The minimum Gasteiger partial charge on any atom is -0.459 e. The molecule has 1 aliphatic heterocycles. The summed E-state index contributed by atoms with van der Waals surface area (Å²) in [5.74, 6) is -2.11. The van der Waals surface area contributed by atoms with Gasteiger partial charge in [-0.05, 0) is 36.4 Å². The number of nitrogens with one attached hydrogen (secondary N) is 1. The zero-order valence-electron chi connectivity index (χ0n) is 19.5. The lowest BCUT2D eigenvalue weighted by Gasteiger charge is -2.24. The first-order valence-corrected chi connectivity index (χ1v) is 11.4. The largest absolute Gasteiger partial charge is 0.459 e. The lowest BCUT2D eigenvalue weighted by atomic mass is 10.1. The number of rotatable bonds is 8. The lowest BCUT2D eigenvalue weighted by molar-refractivity contribution is -0.0461. The van der Waals surface area contributed by atoms with Gasteiger partial charge in [0.2, 0.25) is 0 Å². The van der Waals surface area contributed by atoms with Crippen molar-refractivity contribution in [2.45, 2.75) is 24.5 Å². The number of benzene rings is 3. The first-order valence-electron chi connectivity index (χ1n) is 11.4. The molecule has 0 aliphatic carbocycles. The SMILES string of the molecule is NC(=O)N[C@@H]1O[C@@H](COC(=O)c2ccccc2)[C@@H](OC(=O)c2ccccc2)[C@@H]1OC(=O)c1ccccc1. The van der Waals surface area contributed by atoms with Crippen molar-refractivity contribution in [2.24, 2.45) is 5.73 Å². The van der Waals surface area contributed by atoms with E-state index in [4.69, 9.17) is 24.7 Å². The molecule has 0 radical (unpaired) electrons. The Labute approximate surface area is 212 Å². The topological polar surface area (TPSA) is 143 Å². The minimum absolute atomic E-state index is 0.229. The Morgan fingerprint density at radius 1 is 0.676 bits per heavy atom. The summed E-state index contributed by atoms with van der Waals surface area (Å²) in [5.41, 5.74) is 6.06. The van der Waals surface area contributed by atoms with Gasteiger partial charge in [-0.15, -0.1) is 0 Å². The van der Waals surface area contributed by atoms with Gasteiger partial charge in [0.25, 0.3) is 0 Å². The molecule has 1 aliphatic rings. The number of nitrogens with two attached hydrogens (primary N) is 1. The Morgan fingerprint density at radius 2 is 1.11 bits per heavy atom. The number of urea groups is 1. The summed E-state index contributed by atoms with van der Waals surface area (Å²) in [7, 11) is 0. The Hall–Kier alpha value is -4.70. The molecule has 37 heavy (non-hydrogen) atoms. The van der Waals surface area contributed by atoms with E-state index in [1.54, 1.807) is 91.0 Å². The molecule has 3 aromatic rings. The van der Waals surface area contributed by atoms with Crippen LogP contribution in [0.1, 0.15) is 31.1 Å². The first kappa shape index (κ1) is 25.4. The summed E-state index contributed by atoms with van der Waals surface area (Å²) < 4.78 is 22.5. The van der Waals surface area contributed by atoms with Gasteiger partial charge >= 0.3 is 23.9 Å². The number of amides is 2. The van der Waals surface area contributed by atoms with Gasteiger partial charge in [-0.2, -0.15) is 0 Å².